The SMILES string of the molecule is CC(C)C=C([S@](=O)c1ccccc1)[S@](=O)c1ccccc1. The molecule has 0 radical (unpaired) electrons. The molecule has 4 heteroatoms. The van der Waals surface area contributed by atoms with Gasteiger partial charge in [0.2, 0.25) is 0 Å². The van der Waals surface area contributed by atoms with Gasteiger partial charge in [-0.05, 0) is 30.2 Å². The van der Waals surface area contributed by atoms with Crippen molar-refractivity contribution in [1.82, 2.24) is 0 Å². The number of rotatable bonds is 5. The third-order valence-corrected chi connectivity index (χ3v) is 6.06. The van der Waals surface area contributed by atoms with Crippen LogP contribution in [0.25, 0.3) is 0 Å². The molecule has 0 unspecified atom stereocenters. The molecule has 0 aliphatic heterocycles. The van der Waals surface area contributed by atoms with Crippen molar-refractivity contribution >= 4 is 21.6 Å². The Morgan fingerprint density at radius 2 is 1.19 bits per heavy atom. The van der Waals surface area contributed by atoms with E-state index >= 15 is 0 Å². The Balaban J connectivity index is 2.41. The van der Waals surface area contributed by atoms with Gasteiger partial charge in [0, 0.05) is 9.79 Å². The first-order valence-corrected chi connectivity index (χ1v) is 9.05. The summed E-state index contributed by atoms with van der Waals surface area (Å²) in [6.45, 7) is 3.98. The van der Waals surface area contributed by atoms with Crippen molar-refractivity contribution in [2.24, 2.45) is 5.92 Å². The molecule has 2 aromatic carbocycles. The third kappa shape index (κ3) is 4.22. The van der Waals surface area contributed by atoms with Crippen molar-refractivity contribution in [3.63, 3.8) is 0 Å². The molecule has 2 nitrogen and oxygen atoms in total. The van der Waals surface area contributed by atoms with Gasteiger partial charge in [0.1, 0.15) is 4.24 Å². The predicted molar refractivity (Wildman–Crippen MR) is 88.6 cm³/mol. The molecule has 0 aliphatic carbocycles. The van der Waals surface area contributed by atoms with E-state index in [0.29, 0.717) is 14.0 Å². The Bertz CT molecular complexity index is 608. The zero-order valence-electron chi connectivity index (χ0n) is 12.1. The van der Waals surface area contributed by atoms with Crippen LogP contribution < -0.4 is 0 Å². The van der Waals surface area contributed by atoms with Crippen molar-refractivity contribution < 1.29 is 8.42 Å². The van der Waals surface area contributed by atoms with Crippen LogP contribution in [-0.4, -0.2) is 8.42 Å². The predicted octanol–water partition coefficient (Wildman–Crippen LogP) is 4.10. The molecule has 2 atom stereocenters. The van der Waals surface area contributed by atoms with E-state index in [1.165, 1.54) is 0 Å². The van der Waals surface area contributed by atoms with Gasteiger partial charge < -0.3 is 0 Å². The van der Waals surface area contributed by atoms with Gasteiger partial charge in [0.05, 0.1) is 21.6 Å². The van der Waals surface area contributed by atoms with Crippen molar-refractivity contribution in [2.45, 2.75) is 23.6 Å². The van der Waals surface area contributed by atoms with Crippen molar-refractivity contribution in [3.05, 3.63) is 71.0 Å². The fraction of sp³-hybridized carbons (Fsp3) is 0.176. The van der Waals surface area contributed by atoms with Gasteiger partial charge in [0.15, 0.2) is 0 Å². The highest BCUT2D eigenvalue weighted by Gasteiger charge is 2.19. The van der Waals surface area contributed by atoms with Gasteiger partial charge in [-0.3, -0.25) is 0 Å². The average Bonchev–Trinajstić information content (AvgIpc) is 2.53. The molecule has 21 heavy (non-hydrogen) atoms. The number of hydrogen-bond donors (Lipinski definition) is 0. The van der Waals surface area contributed by atoms with E-state index < -0.39 is 21.6 Å². The van der Waals surface area contributed by atoms with Gasteiger partial charge in [0.25, 0.3) is 0 Å². The molecule has 0 heterocycles. The highest BCUT2D eigenvalue weighted by molar-refractivity contribution is 8.08. The Morgan fingerprint density at radius 3 is 1.52 bits per heavy atom. The lowest BCUT2D eigenvalue weighted by molar-refractivity contribution is 0.682. The summed E-state index contributed by atoms with van der Waals surface area (Å²) in [5, 5.41) is 0. The fourth-order valence-corrected chi connectivity index (χ4v) is 4.98. The van der Waals surface area contributed by atoms with E-state index in [-0.39, 0.29) is 5.92 Å². The second-order valence-corrected chi connectivity index (χ2v) is 8.05. The van der Waals surface area contributed by atoms with Gasteiger partial charge >= 0.3 is 0 Å². The fourth-order valence-electron chi connectivity index (χ4n) is 1.78. The second kappa shape index (κ2) is 7.48. The van der Waals surface area contributed by atoms with E-state index in [2.05, 4.69) is 0 Å². The zero-order valence-corrected chi connectivity index (χ0v) is 13.7. The quantitative estimate of drug-likeness (QED) is 0.832. The monoisotopic (exact) mass is 318 g/mol. The first-order valence-electron chi connectivity index (χ1n) is 6.75. The van der Waals surface area contributed by atoms with Gasteiger partial charge in [-0.25, -0.2) is 8.42 Å². The minimum Gasteiger partial charge on any atom is -0.248 e. The van der Waals surface area contributed by atoms with E-state index in [1.54, 1.807) is 24.3 Å². The van der Waals surface area contributed by atoms with E-state index in [9.17, 15) is 8.42 Å². The van der Waals surface area contributed by atoms with E-state index in [0.717, 1.165) is 0 Å². The van der Waals surface area contributed by atoms with Crippen LogP contribution in [0.15, 0.2) is 80.8 Å². The molecule has 0 N–H and O–H groups in total. The van der Waals surface area contributed by atoms with Crippen molar-refractivity contribution in [3.8, 4) is 0 Å². The molecule has 0 saturated heterocycles. The maximum atomic E-state index is 12.7. The minimum absolute atomic E-state index is 0.181. The first-order chi connectivity index (χ1) is 10.1. The largest absolute Gasteiger partial charge is 0.248 e. The summed E-state index contributed by atoms with van der Waals surface area (Å²) >= 11 is 0. The van der Waals surface area contributed by atoms with Gasteiger partial charge in [-0.15, -0.1) is 0 Å². The molecule has 0 saturated carbocycles. The topological polar surface area (TPSA) is 34.1 Å². The van der Waals surface area contributed by atoms with Crippen LogP contribution in [0.5, 0.6) is 0 Å². The minimum atomic E-state index is -1.41. The van der Waals surface area contributed by atoms with Crippen LogP contribution in [-0.2, 0) is 21.6 Å². The highest BCUT2D eigenvalue weighted by Crippen LogP contribution is 2.23. The van der Waals surface area contributed by atoms with Gasteiger partial charge in [-0.1, -0.05) is 56.3 Å². The summed E-state index contributed by atoms with van der Waals surface area (Å²) in [5.74, 6) is 0.181. The summed E-state index contributed by atoms with van der Waals surface area (Å²) in [6.07, 6.45) is 1.84. The Morgan fingerprint density at radius 1 is 0.810 bits per heavy atom. The van der Waals surface area contributed by atoms with Crippen LogP contribution in [0.1, 0.15) is 13.8 Å². The molecule has 2 aromatic rings. The molecule has 110 valence electrons. The average molecular weight is 318 g/mol. The first kappa shape index (κ1) is 15.9. The molecular weight excluding hydrogens is 300 g/mol. The molecule has 2 rings (SSSR count). The molecule has 0 amide bonds. The Hall–Kier alpha value is -1.52. The number of benzene rings is 2. The van der Waals surface area contributed by atoms with Crippen molar-refractivity contribution in [1.29, 1.82) is 0 Å². The normalized spacial score (nSPS) is 13.7. The molecule has 0 aliphatic rings. The summed E-state index contributed by atoms with van der Waals surface area (Å²) in [7, 11) is -2.82. The lowest BCUT2D eigenvalue weighted by Crippen LogP contribution is -2.05. The molecule has 0 aromatic heterocycles. The lowest BCUT2D eigenvalue weighted by atomic mass is 10.2. The van der Waals surface area contributed by atoms with Crippen LogP contribution >= 0.6 is 0 Å². The highest BCUT2D eigenvalue weighted by atomic mass is 32.2. The summed E-state index contributed by atoms with van der Waals surface area (Å²) in [4.78, 5) is 1.35. The van der Waals surface area contributed by atoms with Crippen LogP contribution in [0.2, 0.25) is 0 Å². The Kier molecular flexibility index (Phi) is 5.65. The van der Waals surface area contributed by atoms with Gasteiger partial charge in [-0.2, -0.15) is 0 Å². The van der Waals surface area contributed by atoms with Crippen LogP contribution in [0.3, 0.4) is 0 Å². The lowest BCUT2D eigenvalue weighted by Gasteiger charge is -2.09. The maximum Gasteiger partial charge on any atom is 0.109 e. The Labute approximate surface area is 130 Å². The molecule has 0 spiro atoms. The van der Waals surface area contributed by atoms with Crippen LogP contribution in [0.4, 0.5) is 0 Å². The summed E-state index contributed by atoms with van der Waals surface area (Å²) in [6, 6.07) is 18.3. The van der Waals surface area contributed by atoms with E-state index in [4.69, 9.17) is 0 Å². The molecule has 0 bridgehead atoms. The smallest absolute Gasteiger partial charge is 0.109 e. The summed E-state index contributed by atoms with van der Waals surface area (Å²) in [5.41, 5.74) is 0. The molecule has 0 fully saturated rings. The molecular formula is C17H18O2S2. The number of hydrogen-bond acceptors (Lipinski definition) is 2. The van der Waals surface area contributed by atoms with E-state index in [1.807, 2.05) is 56.3 Å². The standard InChI is InChI=1S/C17H18O2S2/c1-14(2)13-17(20(18)15-9-5-3-6-10-15)21(19)16-11-7-4-8-12-16/h3-14H,1-2H3/t20-,21-/m1/s1. The number of allylic oxidation sites excluding steroid dienone is 1. The second-order valence-electron chi connectivity index (χ2n) is 4.89. The third-order valence-electron chi connectivity index (χ3n) is 2.75. The maximum absolute atomic E-state index is 12.7. The summed E-state index contributed by atoms with van der Waals surface area (Å²) < 4.78 is 26.0. The zero-order chi connectivity index (χ0) is 15.2. The van der Waals surface area contributed by atoms with Crippen molar-refractivity contribution in [2.75, 3.05) is 0 Å². The van der Waals surface area contributed by atoms with Crippen LogP contribution in [0, 0.1) is 5.92 Å².